The van der Waals surface area contributed by atoms with Crippen LogP contribution in [0.15, 0.2) is 54.6 Å². The molecule has 1 saturated heterocycles. The van der Waals surface area contributed by atoms with E-state index in [9.17, 15) is 4.79 Å². The number of nitrogens with zero attached hydrogens (tertiary/aromatic N) is 1. The van der Waals surface area contributed by atoms with Crippen LogP contribution in [0.1, 0.15) is 61.1 Å². The third-order valence-electron chi connectivity index (χ3n) is 4.97. The molecule has 1 heterocycles. The van der Waals surface area contributed by atoms with Crippen molar-refractivity contribution in [1.29, 1.82) is 0 Å². The molecule has 2 atom stereocenters. The van der Waals surface area contributed by atoms with E-state index in [1.165, 1.54) is 11.1 Å². The fraction of sp³-hybridized carbons (Fsp3) is 0.409. The maximum Gasteiger partial charge on any atom is 0.231 e. The number of thioether (sulfide) groups is 1. The molecule has 0 aliphatic carbocycles. The van der Waals surface area contributed by atoms with Crippen molar-refractivity contribution in [2.45, 2.75) is 44.4 Å². The third kappa shape index (κ3) is 3.92. The summed E-state index contributed by atoms with van der Waals surface area (Å²) in [6.45, 7) is 7.36. The normalized spacial score (nSPS) is 18.6. The van der Waals surface area contributed by atoms with Gasteiger partial charge in [-0.2, -0.15) is 0 Å². The van der Waals surface area contributed by atoms with E-state index in [1.807, 2.05) is 30.0 Å². The van der Waals surface area contributed by atoms with Crippen molar-refractivity contribution in [3.05, 3.63) is 71.3 Å². The van der Waals surface area contributed by atoms with Crippen LogP contribution in [0.25, 0.3) is 0 Å². The number of hydrogen-bond acceptors (Lipinski definition) is 2. The first-order chi connectivity index (χ1) is 12.1. The molecule has 0 bridgehead atoms. The maximum atomic E-state index is 13.2. The van der Waals surface area contributed by atoms with Crippen LogP contribution in [-0.2, 0) is 4.79 Å². The maximum absolute atomic E-state index is 13.2. The molecular weight excluding hydrogens is 326 g/mol. The zero-order valence-corrected chi connectivity index (χ0v) is 16.1. The molecule has 0 aromatic heterocycles. The minimum atomic E-state index is -0.0441. The lowest BCUT2D eigenvalue weighted by atomic mass is 9.94. The van der Waals surface area contributed by atoms with Crippen molar-refractivity contribution in [2.75, 3.05) is 12.3 Å². The Morgan fingerprint density at radius 2 is 1.76 bits per heavy atom. The van der Waals surface area contributed by atoms with E-state index >= 15 is 0 Å². The number of carbonyl (C=O) groups excluding carboxylic acids is 1. The van der Waals surface area contributed by atoms with Crippen molar-refractivity contribution in [1.82, 2.24) is 4.90 Å². The van der Waals surface area contributed by atoms with E-state index < -0.39 is 0 Å². The fourth-order valence-electron chi connectivity index (χ4n) is 3.46. The van der Waals surface area contributed by atoms with Gasteiger partial charge in [-0.05, 0) is 29.0 Å². The first-order valence-corrected chi connectivity index (χ1v) is 10.2. The summed E-state index contributed by atoms with van der Waals surface area (Å²) in [5, 5.41) is 0.145. The Labute approximate surface area is 155 Å². The lowest BCUT2D eigenvalue weighted by Gasteiger charge is -2.28. The van der Waals surface area contributed by atoms with Crippen LogP contribution in [0, 0.1) is 0 Å². The van der Waals surface area contributed by atoms with Crippen LogP contribution < -0.4 is 0 Å². The topological polar surface area (TPSA) is 20.3 Å². The minimum absolute atomic E-state index is 0.0441. The molecule has 2 nitrogen and oxygen atoms in total. The Morgan fingerprint density at radius 1 is 1.08 bits per heavy atom. The largest absolute Gasteiger partial charge is 0.325 e. The second kappa shape index (κ2) is 8.09. The monoisotopic (exact) mass is 353 g/mol. The van der Waals surface area contributed by atoms with Crippen LogP contribution in [-0.4, -0.2) is 23.1 Å². The quantitative estimate of drug-likeness (QED) is 0.699. The predicted octanol–water partition coefficient (Wildman–Crippen LogP) is 5.58. The van der Waals surface area contributed by atoms with Gasteiger partial charge in [0.1, 0.15) is 5.37 Å². The molecule has 1 aliphatic rings. The van der Waals surface area contributed by atoms with Gasteiger partial charge in [-0.25, -0.2) is 0 Å². The van der Waals surface area contributed by atoms with Gasteiger partial charge in [0, 0.05) is 12.3 Å². The summed E-state index contributed by atoms with van der Waals surface area (Å²) in [4.78, 5) is 15.3. The van der Waals surface area contributed by atoms with Crippen LogP contribution in [0.4, 0.5) is 0 Å². The molecule has 2 aromatic carbocycles. The number of rotatable bonds is 5. The highest BCUT2D eigenvalue weighted by Gasteiger charge is 2.34. The number of carbonyl (C=O) groups is 1. The van der Waals surface area contributed by atoms with E-state index in [1.54, 1.807) is 0 Å². The van der Waals surface area contributed by atoms with Gasteiger partial charge in [0.2, 0.25) is 5.91 Å². The molecule has 2 aromatic rings. The average Bonchev–Trinajstić information content (AvgIpc) is 3.13. The Hall–Kier alpha value is -1.74. The van der Waals surface area contributed by atoms with Crippen molar-refractivity contribution >= 4 is 17.7 Å². The zero-order valence-electron chi connectivity index (χ0n) is 15.3. The lowest BCUT2D eigenvalue weighted by molar-refractivity contribution is -0.133. The molecule has 25 heavy (non-hydrogen) atoms. The zero-order chi connectivity index (χ0) is 17.8. The van der Waals surface area contributed by atoms with Crippen molar-refractivity contribution < 1.29 is 4.79 Å². The van der Waals surface area contributed by atoms with E-state index in [-0.39, 0.29) is 17.2 Å². The van der Waals surface area contributed by atoms with Crippen LogP contribution >= 0.6 is 11.8 Å². The first-order valence-electron chi connectivity index (χ1n) is 9.18. The molecule has 1 aliphatic heterocycles. The highest BCUT2D eigenvalue weighted by molar-refractivity contribution is 7.99. The second-order valence-electron chi connectivity index (χ2n) is 6.95. The molecule has 3 rings (SSSR count). The van der Waals surface area contributed by atoms with Gasteiger partial charge in [0.05, 0.1) is 5.92 Å². The fourth-order valence-corrected chi connectivity index (χ4v) is 4.72. The summed E-state index contributed by atoms with van der Waals surface area (Å²) in [7, 11) is 0. The standard InChI is InChI=1S/C22H27NOS/c1-4-20(18-8-6-5-7-9-18)21(24)23-14-15-25-22(23)19-12-10-17(11-13-19)16(2)3/h5-13,16,20,22H,4,14-15H2,1-3H3/t20-,22-/m0/s1. The molecule has 0 radical (unpaired) electrons. The predicted molar refractivity (Wildman–Crippen MR) is 107 cm³/mol. The van der Waals surface area contributed by atoms with Gasteiger partial charge >= 0.3 is 0 Å². The van der Waals surface area contributed by atoms with Crippen LogP contribution in [0.5, 0.6) is 0 Å². The van der Waals surface area contributed by atoms with Crippen LogP contribution in [0.3, 0.4) is 0 Å². The molecule has 0 spiro atoms. The number of amides is 1. The van der Waals surface area contributed by atoms with E-state index in [0.29, 0.717) is 5.92 Å². The summed E-state index contributed by atoms with van der Waals surface area (Å²) < 4.78 is 0. The van der Waals surface area contributed by atoms with E-state index in [4.69, 9.17) is 0 Å². The molecule has 0 saturated carbocycles. The summed E-state index contributed by atoms with van der Waals surface area (Å²) in [5.74, 6) is 1.76. The third-order valence-corrected chi connectivity index (χ3v) is 6.23. The summed E-state index contributed by atoms with van der Waals surface area (Å²) in [6, 6.07) is 19.0. The Morgan fingerprint density at radius 3 is 2.36 bits per heavy atom. The molecule has 0 N–H and O–H groups in total. The van der Waals surface area contributed by atoms with Gasteiger partial charge in [-0.1, -0.05) is 75.4 Å². The molecular formula is C22H27NOS. The van der Waals surface area contributed by atoms with E-state index in [0.717, 1.165) is 24.3 Å². The average molecular weight is 354 g/mol. The highest BCUT2D eigenvalue weighted by Crippen LogP contribution is 2.40. The van der Waals surface area contributed by atoms with E-state index in [2.05, 4.69) is 62.1 Å². The van der Waals surface area contributed by atoms with Crippen LogP contribution in [0.2, 0.25) is 0 Å². The Kier molecular flexibility index (Phi) is 5.85. The Balaban J connectivity index is 1.81. The van der Waals surface area contributed by atoms with Crippen molar-refractivity contribution in [2.24, 2.45) is 0 Å². The Bertz CT molecular complexity index is 696. The van der Waals surface area contributed by atoms with Gasteiger partial charge in [0.25, 0.3) is 0 Å². The second-order valence-corrected chi connectivity index (χ2v) is 8.14. The summed E-state index contributed by atoms with van der Waals surface area (Å²) in [5.41, 5.74) is 3.71. The van der Waals surface area contributed by atoms with Crippen molar-refractivity contribution in [3.63, 3.8) is 0 Å². The smallest absolute Gasteiger partial charge is 0.231 e. The van der Waals surface area contributed by atoms with Crippen molar-refractivity contribution in [3.8, 4) is 0 Å². The molecule has 132 valence electrons. The van der Waals surface area contributed by atoms with Gasteiger partial charge in [0.15, 0.2) is 0 Å². The number of hydrogen-bond donors (Lipinski definition) is 0. The minimum Gasteiger partial charge on any atom is -0.325 e. The van der Waals surface area contributed by atoms with Gasteiger partial charge in [-0.15, -0.1) is 11.8 Å². The number of benzene rings is 2. The van der Waals surface area contributed by atoms with Gasteiger partial charge < -0.3 is 4.90 Å². The highest BCUT2D eigenvalue weighted by atomic mass is 32.2. The SMILES string of the molecule is CC[C@H](C(=O)N1CCS[C@H]1c1ccc(C(C)C)cc1)c1ccccc1. The summed E-state index contributed by atoms with van der Waals surface area (Å²) >= 11 is 1.87. The molecule has 1 fully saturated rings. The molecule has 0 unspecified atom stereocenters. The summed E-state index contributed by atoms with van der Waals surface area (Å²) in [6.07, 6.45) is 0.836. The molecule has 3 heteroatoms. The molecule has 1 amide bonds. The lowest BCUT2D eigenvalue weighted by Crippen LogP contribution is -2.34. The van der Waals surface area contributed by atoms with Gasteiger partial charge in [-0.3, -0.25) is 4.79 Å². The first kappa shape index (κ1) is 18.1.